The molecule has 1 aliphatic heterocycles. The van der Waals surface area contributed by atoms with Crippen molar-refractivity contribution in [2.24, 2.45) is 0 Å². The zero-order valence-corrected chi connectivity index (χ0v) is 7.77. The maximum Gasteiger partial charge on any atom is 0.123 e. The number of β-amino-alcohol motifs (C(OH)–C–C–N with tert-alkyl or cyclic N) is 1. The smallest absolute Gasteiger partial charge is 0.123 e. The summed E-state index contributed by atoms with van der Waals surface area (Å²) in [5.74, 6) is -0.269. The first kappa shape index (κ1) is 10.4. The zero-order valence-electron chi connectivity index (χ0n) is 6.96. The van der Waals surface area contributed by atoms with Crippen molar-refractivity contribution in [3.8, 4) is 0 Å². The molecular formula is C9H11ClFNO. The molecule has 0 radical (unpaired) electrons. The Morgan fingerprint density at radius 3 is 2.15 bits per heavy atom. The minimum Gasteiger partial charge on any atom is -0.382 e. The van der Waals surface area contributed by atoms with Crippen molar-refractivity contribution in [2.45, 2.75) is 5.60 Å². The highest BCUT2D eigenvalue weighted by molar-refractivity contribution is 5.85. The highest BCUT2D eigenvalue weighted by Gasteiger charge is 2.35. The van der Waals surface area contributed by atoms with E-state index < -0.39 is 5.60 Å². The van der Waals surface area contributed by atoms with Crippen LogP contribution in [-0.2, 0) is 5.60 Å². The number of aliphatic hydroxyl groups is 1. The first-order valence-electron chi connectivity index (χ1n) is 3.90. The first-order valence-corrected chi connectivity index (χ1v) is 3.90. The van der Waals surface area contributed by atoms with Crippen molar-refractivity contribution in [3.63, 3.8) is 0 Å². The average Bonchev–Trinajstić information content (AvgIpc) is 2.02. The van der Waals surface area contributed by atoms with Gasteiger partial charge in [0, 0.05) is 13.1 Å². The van der Waals surface area contributed by atoms with Crippen LogP contribution in [0.15, 0.2) is 24.3 Å². The molecule has 72 valence electrons. The second-order valence-electron chi connectivity index (χ2n) is 3.14. The molecule has 2 nitrogen and oxygen atoms in total. The van der Waals surface area contributed by atoms with Crippen molar-refractivity contribution in [1.82, 2.24) is 5.32 Å². The Balaban J connectivity index is 0.000000845. The quantitative estimate of drug-likeness (QED) is 0.715. The number of hydrogen-bond donors (Lipinski definition) is 2. The maximum atomic E-state index is 12.5. The summed E-state index contributed by atoms with van der Waals surface area (Å²) in [6, 6.07) is 5.98. The number of halogens is 2. The van der Waals surface area contributed by atoms with E-state index in [1.54, 1.807) is 12.1 Å². The van der Waals surface area contributed by atoms with Gasteiger partial charge in [-0.3, -0.25) is 0 Å². The predicted octanol–water partition coefficient (Wildman–Crippen LogP) is 1.04. The lowest BCUT2D eigenvalue weighted by Crippen LogP contribution is -2.56. The predicted molar refractivity (Wildman–Crippen MR) is 50.4 cm³/mol. The highest BCUT2D eigenvalue weighted by atomic mass is 35.5. The molecule has 0 aromatic heterocycles. The molecular weight excluding hydrogens is 193 g/mol. The van der Waals surface area contributed by atoms with Gasteiger partial charge in [0.2, 0.25) is 0 Å². The van der Waals surface area contributed by atoms with Crippen LogP contribution in [0, 0.1) is 5.82 Å². The molecule has 0 saturated carbocycles. The highest BCUT2D eigenvalue weighted by Crippen LogP contribution is 2.24. The van der Waals surface area contributed by atoms with E-state index in [9.17, 15) is 9.50 Å². The lowest BCUT2D eigenvalue weighted by Gasteiger charge is -2.37. The molecule has 0 atom stereocenters. The molecule has 0 amide bonds. The summed E-state index contributed by atoms with van der Waals surface area (Å²) in [6.07, 6.45) is 0. The van der Waals surface area contributed by atoms with Crippen LogP contribution in [0.1, 0.15) is 5.56 Å². The van der Waals surface area contributed by atoms with Crippen LogP contribution in [0.3, 0.4) is 0 Å². The molecule has 2 rings (SSSR count). The second kappa shape index (κ2) is 3.62. The molecule has 1 heterocycles. The number of benzene rings is 1. The van der Waals surface area contributed by atoms with Gasteiger partial charge in [0.1, 0.15) is 11.4 Å². The van der Waals surface area contributed by atoms with Crippen LogP contribution in [0.4, 0.5) is 4.39 Å². The van der Waals surface area contributed by atoms with Gasteiger partial charge in [-0.2, -0.15) is 0 Å². The summed E-state index contributed by atoms with van der Waals surface area (Å²) in [7, 11) is 0. The van der Waals surface area contributed by atoms with Crippen LogP contribution in [0.5, 0.6) is 0 Å². The third-order valence-corrected chi connectivity index (χ3v) is 2.22. The fourth-order valence-corrected chi connectivity index (χ4v) is 1.33. The summed E-state index contributed by atoms with van der Waals surface area (Å²) < 4.78 is 12.5. The van der Waals surface area contributed by atoms with Gasteiger partial charge in [-0.25, -0.2) is 4.39 Å². The summed E-state index contributed by atoms with van der Waals surface area (Å²) in [4.78, 5) is 0. The van der Waals surface area contributed by atoms with Crippen LogP contribution < -0.4 is 5.32 Å². The minimum atomic E-state index is -0.770. The summed E-state index contributed by atoms with van der Waals surface area (Å²) in [5.41, 5.74) is 0.0101. The van der Waals surface area contributed by atoms with Gasteiger partial charge in [0.05, 0.1) is 0 Å². The summed E-state index contributed by atoms with van der Waals surface area (Å²) >= 11 is 0. The largest absolute Gasteiger partial charge is 0.382 e. The van der Waals surface area contributed by atoms with E-state index in [2.05, 4.69) is 5.32 Å². The number of nitrogens with one attached hydrogen (secondary N) is 1. The molecule has 4 heteroatoms. The van der Waals surface area contributed by atoms with Gasteiger partial charge in [-0.15, -0.1) is 12.4 Å². The molecule has 13 heavy (non-hydrogen) atoms. The maximum absolute atomic E-state index is 12.5. The molecule has 1 fully saturated rings. The Kier molecular flexibility index (Phi) is 2.91. The molecule has 0 aliphatic carbocycles. The molecule has 0 bridgehead atoms. The van der Waals surface area contributed by atoms with E-state index in [0.29, 0.717) is 13.1 Å². The van der Waals surface area contributed by atoms with Gasteiger partial charge in [0.25, 0.3) is 0 Å². The van der Waals surface area contributed by atoms with Gasteiger partial charge in [0.15, 0.2) is 0 Å². The third kappa shape index (κ3) is 1.82. The van der Waals surface area contributed by atoms with Crippen LogP contribution in [0.25, 0.3) is 0 Å². The van der Waals surface area contributed by atoms with E-state index in [4.69, 9.17) is 0 Å². The van der Waals surface area contributed by atoms with Crippen LogP contribution in [-0.4, -0.2) is 18.2 Å². The van der Waals surface area contributed by atoms with Crippen molar-refractivity contribution in [1.29, 1.82) is 0 Å². The SMILES string of the molecule is Cl.OC1(c2ccc(F)cc2)CNC1. The summed E-state index contributed by atoms with van der Waals surface area (Å²) in [6.45, 7) is 1.11. The molecule has 2 N–H and O–H groups in total. The van der Waals surface area contributed by atoms with Crippen molar-refractivity contribution < 1.29 is 9.50 Å². The fourth-order valence-electron chi connectivity index (χ4n) is 1.33. The van der Waals surface area contributed by atoms with Crippen molar-refractivity contribution >= 4 is 12.4 Å². The molecule has 1 aromatic rings. The summed E-state index contributed by atoms with van der Waals surface area (Å²) in [5, 5.41) is 12.8. The van der Waals surface area contributed by atoms with Crippen LogP contribution >= 0.6 is 12.4 Å². The molecule has 1 saturated heterocycles. The van der Waals surface area contributed by atoms with E-state index in [1.807, 2.05) is 0 Å². The first-order chi connectivity index (χ1) is 5.71. The van der Waals surface area contributed by atoms with Gasteiger partial charge in [-0.1, -0.05) is 12.1 Å². The normalized spacial score (nSPS) is 18.6. The van der Waals surface area contributed by atoms with E-state index in [0.717, 1.165) is 5.56 Å². The van der Waals surface area contributed by atoms with Crippen molar-refractivity contribution in [3.05, 3.63) is 35.6 Å². The standard InChI is InChI=1S/C9H10FNO.ClH/c10-8-3-1-7(2-4-8)9(12)5-11-6-9;/h1-4,11-12H,5-6H2;1H. The van der Waals surface area contributed by atoms with E-state index in [1.165, 1.54) is 12.1 Å². The lowest BCUT2D eigenvalue weighted by molar-refractivity contribution is -0.0147. The van der Waals surface area contributed by atoms with E-state index in [-0.39, 0.29) is 18.2 Å². The monoisotopic (exact) mass is 203 g/mol. The molecule has 1 aromatic carbocycles. The second-order valence-corrected chi connectivity index (χ2v) is 3.14. The number of rotatable bonds is 1. The third-order valence-electron chi connectivity index (χ3n) is 2.22. The molecule has 1 aliphatic rings. The Morgan fingerprint density at radius 2 is 1.77 bits per heavy atom. The van der Waals surface area contributed by atoms with Crippen molar-refractivity contribution in [2.75, 3.05) is 13.1 Å². The Hall–Kier alpha value is -0.640. The molecule has 0 spiro atoms. The lowest BCUT2D eigenvalue weighted by atomic mass is 9.88. The topological polar surface area (TPSA) is 32.3 Å². The Labute approximate surface area is 82.2 Å². The van der Waals surface area contributed by atoms with E-state index >= 15 is 0 Å². The van der Waals surface area contributed by atoms with Gasteiger partial charge < -0.3 is 10.4 Å². The minimum absolute atomic E-state index is 0. The Morgan fingerprint density at radius 1 is 1.23 bits per heavy atom. The average molecular weight is 204 g/mol. The van der Waals surface area contributed by atoms with Gasteiger partial charge >= 0.3 is 0 Å². The van der Waals surface area contributed by atoms with Crippen LogP contribution in [0.2, 0.25) is 0 Å². The number of hydrogen-bond acceptors (Lipinski definition) is 2. The van der Waals surface area contributed by atoms with Gasteiger partial charge in [-0.05, 0) is 17.7 Å². The molecule has 0 unspecified atom stereocenters. The zero-order chi connectivity index (χ0) is 8.60. The Bertz CT molecular complexity index is 284. The fraction of sp³-hybridized carbons (Fsp3) is 0.333.